The van der Waals surface area contributed by atoms with Crippen LogP contribution in [0, 0.1) is 19.7 Å². The molecule has 0 bridgehead atoms. The van der Waals surface area contributed by atoms with Crippen LogP contribution >= 0.6 is 11.6 Å². The van der Waals surface area contributed by atoms with E-state index in [0.717, 1.165) is 17.4 Å². The van der Waals surface area contributed by atoms with E-state index in [1.54, 1.807) is 13.0 Å². The number of halogens is 2. The molecule has 4 nitrogen and oxygen atoms in total. The third-order valence-corrected chi connectivity index (χ3v) is 5.47. The number of benzene rings is 2. The molecule has 0 atom stereocenters. The maximum atomic E-state index is 14.3. The van der Waals surface area contributed by atoms with E-state index < -0.39 is 15.7 Å². The van der Waals surface area contributed by atoms with Crippen molar-refractivity contribution in [1.82, 2.24) is 5.16 Å². The third-order valence-electron chi connectivity index (χ3n) is 3.93. The lowest BCUT2D eigenvalue weighted by Gasteiger charge is -2.07. The molecule has 0 unspecified atom stereocenters. The van der Waals surface area contributed by atoms with Crippen LogP contribution in [0.1, 0.15) is 11.3 Å². The fourth-order valence-electron chi connectivity index (χ4n) is 2.61. The van der Waals surface area contributed by atoms with Crippen LogP contribution in [0.2, 0.25) is 5.02 Å². The Kier molecular flexibility index (Phi) is 4.43. The molecular weight excluding hydrogens is 365 g/mol. The second kappa shape index (κ2) is 6.28. The van der Waals surface area contributed by atoms with Gasteiger partial charge in [-0.25, -0.2) is 12.8 Å². The van der Waals surface area contributed by atoms with Crippen molar-refractivity contribution < 1.29 is 17.3 Å². The summed E-state index contributed by atoms with van der Waals surface area (Å²) in [6, 6.07) is 9.44. The minimum Gasteiger partial charge on any atom is -0.360 e. The molecule has 1 aromatic heterocycles. The van der Waals surface area contributed by atoms with Crippen LogP contribution in [0.4, 0.5) is 4.39 Å². The van der Waals surface area contributed by atoms with E-state index in [1.807, 2.05) is 19.1 Å². The Labute approximate surface area is 150 Å². The normalized spacial score (nSPS) is 11.7. The highest BCUT2D eigenvalue weighted by atomic mass is 35.5. The summed E-state index contributed by atoms with van der Waals surface area (Å²) in [6.45, 7) is 3.60. The van der Waals surface area contributed by atoms with E-state index in [1.165, 1.54) is 18.2 Å². The first-order valence-electron chi connectivity index (χ1n) is 7.41. The van der Waals surface area contributed by atoms with Gasteiger partial charge in [0.2, 0.25) is 0 Å². The number of aryl methyl sites for hydroxylation is 2. The number of hydrogen-bond donors (Lipinski definition) is 0. The van der Waals surface area contributed by atoms with Crippen molar-refractivity contribution in [1.29, 1.82) is 0 Å². The highest BCUT2D eigenvalue weighted by molar-refractivity contribution is 7.90. The molecule has 0 radical (unpaired) electrons. The van der Waals surface area contributed by atoms with Gasteiger partial charge in [-0.1, -0.05) is 35.0 Å². The van der Waals surface area contributed by atoms with Gasteiger partial charge in [0.1, 0.15) is 22.2 Å². The first-order chi connectivity index (χ1) is 11.7. The summed E-state index contributed by atoms with van der Waals surface area (Å²) in [4.78, 5) is -0.342. The van der Waals surface area contributed by atoms with Crippen LogP contribution in [0.25, 0.3) is 22.4 Å². The molecule has 0 saturated heterocycles. The predicted molar refractivity (Wildman–Crippen MR) is 94.9 cm³/mol. The van der Waals surface area contributed by atoms with Gasteiger partial charge in [-0.05, 0) is 43.2 Å². The minimum absolute atomic E-state index is 0.342. The summed E-state index contributed by atoms with van der Waals surface area (Å²) in [6.07, 6.45) is 0.968. The predicted octanol–water partition coefficient (Wildman–Crippen LogP) is 4.82. The molecule has 0 aliphatic carbocycles. The summed E-state index contributed by atoms with van der Waals surface area (Å²) in [5.74, 6) is -0.313. The molecule has 0 fully saturated rings. The molecule has 130 valence electrons. The highest BCUT2D eigenvalue weighted by Crippen LogP contribution is 2.36. The Morgan fingerprint density at radius 3 is 2.36 bits per heavy atom. The standard InChI is InChI=1S/C18H15ClFNO3S/c1-10-4-5-13(8-14(10)19)18-17(11(2)24-21-18)12-6-7-16(15(20)9-12)25(3,22)23/h4-9H,1-3H3. The topological polar surface area (TPSA) is 60.2 Å². The van der Waals surface area contributed by atoms with Crippen molar-refractivity contribution in [2.45, 2.75) is 18.7 Å². The Morgan fingerprint density at radius 1 is 1.08 bits per heavy atom. The molecule has 0 amide bonds. The molecule has 0 saturated carbocycles. The number of sulfone groups is 1. The van der Waals surface area contributed by atoms with Crippen LogP contribution in [0.15, 0.2) is 45.8 Å². The Hall–Kier alpha value is -2.18. The molecule has 0 spiro atoms. The number of nitrogens with zero attached hydrogens (tertiary/aromatic N) is 1. The van der Waals surface area contributed by atoms with Crippen molar-refractivity contribution >= 4 is 21.4 Å². The van der Waals surface area contributed by atoms with Gasteiger partial charge in [0, 0.05) is 16.8 Å². The second-order valence-electron chi connectivity index (χ2n) is 5.84. The van der Waals surface area contributed by atoms with Crippen molar-refractivity contribution in [3.63, 3.8) is 0 Å². The Morgan fingerprint density at radius 2 is 1.76 bits per heavy atom. The lowest BCUT2D eigenvalue weighted by atomic mass is 9.99. The molecule has 0 aliphatic rings. The highest BCUT2D eigenvalue weighted by Gasteiger charge is 2.20. The second-order valence-corrected chi connectivity index (χ2v) is 8.24. The van der Waals surface area contributed by atoms with E-state index in [0.29, 0.717) is 27.6 Å². The van der Waals surface area contributed by atoms with Gasteiger partial charge in [-0.3, -0.25) is 0 Å². The van der Waals surface area contributed by atoms with Gasteiger partial charge in [-0.2, -0.15) is 0 Å². The van der Waals surface area contributed by atoms with Crippen LogP contribution in [-0.4, -0.2) is 19.8 Å². The lowest BCUT2D eigenvalue weighted by Crippen LogP contribution is -2.00. The van der Waals surface area contributed by atoms with Crippen molar-refractivity contribution in [2.24, 2.45) is 0 Å². The lowest BCUT2D eigenvalue weighted by molar-refractivity contribution is 0.400. The quantitative estimate of drug-likeness (QED) is 0.654. The van der Waals surface area contributed by atoms with Crippen LogP contribution < -0.4 is 0 Å². The minimum atomic E-state index is -3.63. The number of aromatic nitrogens is 1. The summed E-state index contributed by atoms with van der Waals surface area (Å²) >= 11 is 6.18. The van der Waals surface area contributed by atoms with Gasteiger partial charge >= 0.3 is 0 Å². The van der Waals surface area contributed by atoms with E-state index in [4.69, 9.17) is 16.1 Å². The average molecular weight is 380 g/mol. The number of hydrogen-bond acceptors (Lipinski definition) is 4. The molecule has 2 aromatic carbocycles. The smallest absolute Gasteiger partial charge is 0.178 e. The summed E-state index contributed by atoms with van der Waals surface area (Å²) < 4.78 is 42.7. The van der Waals surface area contributed by atoms with Gasteiger partial charge in [0.15, 0.2) is 9.84 Å². The van der Waals surface area contributed by atoms with E-state index >= 15 is 0 Å². The molecule has 0 aliphatic heterocycles. The first kappa shape index (κ1) is 17.6. The Balaban J connectivity index is 2.17. The van der Waals surface area contributed by atoms with Gasteiger partial charge in [-0.15, -0.1) is 0 Å². The first-order valence-corrected chi connectivity index (χ1v) is 9.68. The van der Waals surface area contributed by atoms with Crippen molar-refractivity contribution in [3.05, 3.63) is 58.6 Å². The van der Waals surface area contributed by atoms with E-state index in [2.05, 4.69) is 5.16 Å². The fraction of sp³-hybridized carbons (Fsp3) is 0.167. The van der Waals surface area contributed by atoms with Gasteiger partial charge in [0.05, 0.1) is 5.56 Å². The summed E-state index contributed by atoms with van der Waals surface area (Å²) in [5.41, 5.74) is 3.26. The maximum Gasteiger partial charge on any atom is 0.178 e. The zero-order chi connectivity index (χ0) is 18.4. The Bertz CT molecular complexity index is 1070. The molecule has 1 heterocycles. The maximum absolute atomic E-state index is 14.3. The SMILES string of the molecule is Cc1ccc(-c2noc(C)c2-c2ccc(S(C)(=O)=O)c(F)c2)cc1Cl. The summed E-state index contributed by atoms with van der Waals surface area (Å²) in [7, 11) is -3.63. The molecular formula is C18H15ClFNO3S. The van der Waals surface area contributed by atoms with E-state index in [9.17, 15) is 12.8 Å². The third kappa shape index (κ3) is 3.32. The van der Waals surface area contributed by atoms with Crippen LogP contribution in [0.3, 0.4) is 0 Å². The fourth-order valence-corrected chi connectivity index (χ4v) is 3.52. The van der Waals surface area contributed by atoms with Crippen LogP contribution in [-0.2, 0) is 9.84 Å². The van der Waals surface area contributed by atoms with Crippen LogP contribution in [0.5, 0.6) is 0 Å². The average Bonchev–Trinajstić information content (AvgIpc) is 2.90. The zero-order valence-electron chi connectivity index (χ0n) is 13.8. The zero-order valence-corrected chi connectivity index (χ0v) is 15.4. The summed E-state index contributed by atoms with van der Waals surface area (Å²) in [5, 5.41) is 4.65. The molecule has 25 heavy (non-hydrogen) atoms. The molecule has 0 N–H and O–H groups in total. The molecule has 3 aromatic rings. The largest absolute Gasteiger partial charge is 0.360 e. The van der Waals surface area contributed by atoms with Gasteiger partial charge < -0.3 is 4.52 Å². The molecule has 7 heteroatoms. The molecule has 3 rings (SSSR count). The number of rotatable bonds is 3. The van der Waals surface area contributed by atoms with E-state index in [-0.39, 0.29) is 4.90 Å². The van der Waals surface area contributed by atoms with Crippen molar-refractivity contribution in [3.8, 4) is 22.4 Å². The monoisotopic (exact) mass is 379 g/mol. The van der Waals surface area contributed by atoms with Crippen molar-refractivity contribution in [2.75, 3.05) is 6.26 Å². The van der Waals surface area contributed by atoms with Gasteiger partial charge in [0.25, 0.3) is 0 Å².